The molecule has 2 amide bonds. The zero-order valence-corrected chi connectivity index (χ0v) is 19.3. The van der Waals surface area contributed by atoms with Gasteiger partial charge in [0, 0.05) is 24.0 Å². The Labute approximate surface area is 192 Å². The highest BCUT2D eigenvalue weighted by molar-refractivity contribution is 7.14. The lowest BCUT2D eigenvalue weighted by Crippen LogP contribution is -2.40. The molecule has 0 bridgehead atoms. The van der Waals surface area contributed by atoms with Gasteiger partial charge in [-0.05, 0) is 52.0 Å². The number of ether oxygens (including phenoxy) is 2. The number of hydrogen-bond donors (Lipinski definition) is 1. The van der Waals surface area contributed by atoms with Crippen LogP contribution in [0.2, 0.25) is 0 Å². The van der Waals surface area contributed by atoms with Gasteiger partial charge in [0.25, 0.3) is 5.91 Å². The summed E-state index contributed by atoms with van der Waals surface area (Å²) in [5, 5.41) is 4.03. The SMILES string of the molecule is CCOC(=O)c1csc(N(CCNC(=O)OC(C)(C)C)C(=O)c2ccc(C(F)(F)F)cc2)n1. The zero-order chi connectivity index (χ0) is 24.8. The Kier molecular flexibility index (Phi) is 8.42. The van der Waals surface area contributed by atoms with Crippen molar-refractivity contribution in [2.75, 3.05) is 24.6 Å². The number of hydrogen-bond acceptors (Lipinski definition) is 7. The number of amides is 2. The largest absolute Gasteiger partial charge is 0.461 e. The highest BCUT2D eigenvalue weighted by Crippen LogP contribution is 2.30. The van der Waals surface area contributed by atoms with Gasteiger partial charge in [-0.15, -0.1) is 11.3 Å². The molecular weight excluding hydrogens is 463 g/mol. The molecule has 8 nitrogen and oxygen atoms in total. The van der Waals surface area contributed by atoms with Gasteiger partial charge in [-0.25, -0.2) is 14.6 Å². The summed E-state index contributed by atoms with van der Waals surface area (Å²) in [6.07, 6.45) is -5.24. The van der Waals surface area contributed by atoms with E-state index in [1.807, 2.05) is 0 Å². The van der Waals surface area contributed by atoms with Crippen LogP contribution in [0.4, 0.5) is 23.1 Å². The third-order valence-electron chi connectivity index (χ3n) is 3.92. The molecule has 0 aliphatic heterocycles. The second kappa shape index (κ2) is 10.6. The van der Waals surface area contributed by atoms with Crippen molar-refractivity contribution in [3.05, 3.63) is 46.5 Å². The van der Waals surface area contributed by atoms with Crippen molar-refractivity contribution in [3.63, 3.8) is 0 Å². The fourth-order valence-corrected chi connectivity index (χ4v) is 3.33. The molecule has 0 unspecified atom stereocenters. The molecular formula is C21H24F3N3O5S. The number of alkyl halides is 3. The number of rotatable bonds is 7. The third kappa shape index (κ3) is 7.74. The summed E-state index contributed by atoms with van der Waals surface area (Å²) in [5.74, 6) is -1.33. The van der Waals surface area contributed by atoms with E-state index < -0.39 is 35.3 Å². The number of thiazole rings is 1. The molecule has 0 aliphatic carbocycles. The normalized spacial score (nSPS) is 11.6. The van der Waals surface area contributed by atoms with Gasteiger partial charge in [0.1, 0.15) is 5.60 Å². The smallest absolute Gasteiger partial charge is 0.416 e. The summed E-state index contributed by atoms with van der Waals surface area (Å²) in [6, 6.07) is 3.71. The molecule has 1 heterocycles. The first kappa shape index (κ1) is 26.1. The molecule has 33 heavy (non-hydrogen) atoms. The van der Waals surface area contributed by atoms with Crippen molar-refractivity contribution in [1.29, 1.82) is 0 Å². The number of carbonyl (C=O) groups excluding carboxylic acids is 3. The van der Waals surface area contributed by atoms with Crippen molar-refractivity contribution in [2.45, 2.75) is 39.5 Å². The van der Waals surface area contributed by atoms with E-state index in [2.05, 4.69) is 10.3 Å². The van der Waals surface area contributed by atoms with Crippen LogP contribution in [0.3, 0.4) is 0 Å². The number of anilines is 1. The minimum Gasteiger partial charge on any atom is -0.461 e. The van der Waals surface area contributed by atoms with Crippen molar-refractivity contribution in [2.24, 2.45) is 0 Å². The molecule has 12 heteroatoms. The van der Waals surface area contributed by atoms with Crippen LogP contribution >= 0.6 is 11.3 Å². The number of nitrogens with zero attached hydrogens (tertiary/aromatic N) is 2. The molecule has 0 aliphatic rings. The molecule has 0 saturated heterocycles. The number of alkyl carbamates (subject to hydrolysis) is 1. The lowest BCUT2D eigenvalue weighted by atomic mass is 10.1. The summed E-state index contributed by atoms with van der Waals surface area (Å²) in [5.41, 5.74) is -1.64. The van der Waals surface area contributed by atoms with Crippen LogP contribution in [-0.2, 0) is 15.7 Å². The Bertz CT molecular complexity index is 984. The Morgan fingerprint density at radius 1 is 1.12 bits per heavy atom. The third-order valence-corrected chi connectivity index (χ3v) is 4.78. The topological polar surface area (TPSA) is 97.8 Å². The van der Waals surface area contributed by atoms with E-state index in [0.717, 1.165) is 40.5 Å². The van der Waals surface area contributed by atoms with Crippen LogP contribution < -0.4 is 10.2 Å². The number of halogens is 3. The number of esters is 1. The van der Waals surface area contributed by atoms with Crippen LogP contribution in [0, 0.1) is 0 Å². The van der Waals surface area contributed by atoms with Crippen LogP contribution in [0.5, 0.6) is 0 Å². The Balaban J connectivity index is 2.24. The van der Waals surface area contributed by atoms with Crippen LogP contribution in [-0.4, -0.2) is 48.3 Å². The second-order valence-electron chi connectivity index (χ2n) is 7.70. The van der Waals surface area contributed by atoms with E-state index in [4.69, 9.17) is 9.47 Å². The van der Waals surface area contributed by atoms with Crippen molar-refractivity contribution in [3.8, 4) is 0 Å². The predicted octanol–water partition coefficient (Wildman–Crippen LogP) is 4.51. The second-order valence-corrected chi connectivity index (χ2v) is 8.53. The standard InChI is InChI=1S/C21H24F3N3O5S/c1-5-31-17(29)15-12-33-18(26-15)27(11-10-25-19(30)32-20(2,3)4)16(28)13-6-8-14(9-7-13)21(22,23)24/h6-9,12H,5,10-11H2,1-4H3,(H,25,30). The van der Waals surface area contributed by atoms with E-state index >= 15 is 0 Å². The highest BCUT2D eigenvalue weighted by atomic mass is 32.1. The zero-order valence-electron chi connectivity index (χ0n) is 18.5. The Morgan fingerprint density at radius 3 is 2.30 bits per heavy atom. The Morgan fingerprint density at radius 2 is 1.76 bits per heavy atom. The lowest BCUT2D eigenvalue weighted by molar-refractivity contribution is -0.137. The molecule has 1 aromatic heterocycles. The van der Waals surface area contributed by atoms with Gasteiger partial charge in [-0.3, -0.25) is 9.69 Å². The molecule has 2 aromatic rings. The lowest BCUT2D eigenvalue weighted by Gasteiger charge is -2.22. The van der Waals surface area contributed by atoms with Crippen molar-refractivity contribution >= 4 is 34.4 Å². The van der Waals surface area contributed by atoms with Gasteiger partial charge in [-0.1, -0.05) is 0 Å². The molecule has 0 fully saturated rings. The Hall–Kier alpha value is -3.15. The van der Waals surface area contributed by atoms with E-state index in [-0.39, 0.29) is 36.1 Å². The van der Waals surface area contributed by atoms with Crippen LogP contribution in [0.25, 0.3) is 0 Å². The minimum absolute atomic E-state index is 0.0119. The summed E-state index contributed by atoms with van der Waals surface area (Å²) in [6.45, 7) is 6.75. The maximum absolute atomic E-state index is 13.1. The maximum Gasteiger partial charge on any atom is 0.416 e. The van der Waals surface area contributed by atoms with Gasteiger partial charge < -0.3 is 14.8 Å². The van der Waals surface area contributed by atoms with Gasteiger partial charge in [0.15, 0.2) is 10.8 Å². The van der Waals surface area contributed by atoms with E-state index in [1.54, 1.807) is 27.7 Å². The quantitative estimate of drug-likeness (QED) is 0.577. The first-order chi connectivity index (χ1) is 15.3. The average Bonchev–Trinajstić information content (AvgIpc) is 3.19. The molecule has 0 atom stereocenters. The number of nitrogens with one attached hydrogen (secondary N) is 1. The number of benzene rings is 1. The summed E-state index contributed by atoms with van der Waals surface area (Å²) < 4.78 is 48.6. The molecule has 2 rings (SSSR count). The molecule has 1 N–H and O–H groups in total. The van der Waals surface area contributed by atoms with Gasteiger partial charge in [0.2, 0.25) is 0 Å². The van der Waals surface area contributed by atoms with E-state index in [9.17, 15) is 27.6 Å². The summed E-state index contributed by atoms with van der Waals surface area (Å²) >= 11 is 0.980. The van der Waals surface area contributed by atoms with Gasteiger partial charge in [0.05, 0.1) is 12.2 Å². The minimum atomic E-state index is -4.54. The maximum atomic E-state index is 13.1. The fraction of sp³-hybridized carbons (Fsp3) is 0.429. The molecule has 0 radical (unpaired) electrons. The van der Waals surface area contributed by atoms with Crippen LogP contribution in [0.15, 0.2) is 29.6 Å². The molecule has 0 spiro atoms. The summed E-state index contributed by atoms with van der Waals surface area (Å²) in [7, 11) is 0. The monoisotopic (exact) mass is 487 g/mol. The number of carbonyl (C=O) groups is 3. The molecule has 180 valence electrons. The first-order valence-electron chi connectivity index (χ1n) is 9.90. The average molecular weight is 488 g/mol. The van der Waals surface area contributed by atoms with Gasteiger partial charge in [-0.2, -0.15) is 13.2 Å². The van der Waals surface area contributed by atoms with Gasteiger partial charge >= 0.3 is 18.2 Å². The predicted molar refractivity (Wildman–Crippen MR) is 115 cm³/mol. The van der Waals surface area contributed by atoms with E-state index in [1.165, 1.54) is 5.38 Å². The van der Waals surface area contributed by atoms with E-state index in [0.29, 0.717) is 0 Å². The van der Waals surface area contributed by atoms with Crippen molar-refractivity contribution in [1.82, 2.24) is 10.3 Å². The first-order valence-corrected chi connectivity index (χ1v) is 10.8. The highest BCUT2D eigenvalue weighted by Gasteiger charge is 2.31. The fourth-order valence-electron chi connectivity index (χ4n) is 2.51. The number of aromatic nitrogens is 1. The van der Waals surface area contributed by atoms with Crippen molar-refractivity contribution < 1.29 is 37.0 Å². The molecule has 0 saturated carbocycles. The summed E-state index contributed by atoms with van der Waals surface area (Å²) in [4.78, 5) is 42.2. The van der Waals surface area contributed by atoms with Crippen LogP contribution in [0.1, 0.15) is 54.1 Å². The molecule has 1 aromatic carbocycles.